The number of carbonyl (C=O) groups is 2. The van der Waals surface area contributed by atoms with Crippen LogP contribution >= 0.6 is 11.6 Å². The number of hydrogen-bond donors (Lipinski definition) is 3. The largest absolute Gasteiger partial charge is 0.481 e. The Bertz CT molecular complexity index is 948. The van der Waals surface area contributed by atoms with Gasteiger partial charge in [0.1, 0.15) is 5.69 Å². The number of benzene rings is 1. The number of aromatic amines is 1. The van der Waals surface area contributed by atoms with Crippen molar-refractivity contribution in [3.63, 3.8) is 0 Å². The van der Waals surface area contributed by atoms with Crippen molar-refractivity contribution in [2.24, 2.45) is 5.92 Å². The van der Waals surface area contributed by atoms with E-state index in [1.54, 1.807) is 6.07 Å². The molecule has 0 amide bonds. The number of aliphatic carboxylic acids is 1. The molecule has 1 aliphatic heterocycles. The number of aliphatic hydroxyl groups is 1. The summed E-state index contributed by atoms with van der Waals surface area (Å²) in [7, 11) is 0. The molecule has 2 unspecified atom stereocenters. The van der Waals surface area contributed by atoms with Crippen LogP contribution in [0, 0.1) is 12.8 Å². The van der Waals surface area contributed by atoms with E-state index in [0.717, 1.165) is 48.2 Å². The second-order valence-corrected chi connectivity index (χ2v) is 8.43. The summed E-state index contributed by atoms with van der Waals surface area (Å²) in [6.45, 7) is 2.55. The number of H-pyrrole nitrogens is 1. The number of fused-ring (bicyclic) bond motifs is 1. The van der Waals surface area contributed by atoms with Crippen molar-refractivity contribution in [1.29, 1.82) is 0 Å². The first kappa shape index (κ1) is 20.0. The molecule has 7 heteroatoms. The zero-order valence-electron chi connectivity index (χ0n) is 16.4. The first-order valence-electron chi connectivity index (χ1n) is 10.1. The molecule has 1 saturated heterocycles. The van der Waals surface area contributed by atoms with Gasteiger partial charge in [-0.05, 0) is 56.2 Å². The molecular formula is C22H25ClN2O4. The molecule has 1 aromatic carbocycles. The second-order valence-electron chi connectivity index (χ2n) is 8.02. The van der Waals surface area contributed by atoms with Crippen molar-refractivity contribution in [3.05, 3.63) is 51.3 Å². The van der Waals surface area contributed by atoms with Crippen molar-refractivity contribution in [3.8, 4) is 0 Å². The summed E-state index contributed by atoms with van der Waals surface area (Å²) in [5, 5.41) is 20.1. The summed E-state index contributed by atoms with van der Waals surface area (Å²) >= 11 is 6.36. The summed E-state index contributed by atoms with van der Waals surface area (Å²) in [5.74, 6) is -1.91. The average Bonchev–Trinajstić information content (AvgIpc) is 3.07. The van der Waals surface area contributed by atoms with Crippen LogP contribution in [0.15, 0.2) is 18.2 Å². The number of aromatic nitrogens is 1. The third-order valence-electron chi connectivity index (χ3n) is 6.16. The van der Waals surface area contributed by atoms with E-state index in [-0.39, 0.29) is 12.3 Å². The minimum atomic E-state index is -0.976. The lowest BCUT2D eigenvalue weighted by Crippen LogP contribution is -2.47. The van der Waals surface area contributed by atoms with Crippen molar-refractivity contribution in [2.75, 3.05) is 18.0 Å². The van der Waals surface area contributed by atoms with Gasteiger partial charge in [-0.2, -0.15) is 0 Å². The number of aryl methyl sites for hydroxylation is 2. The monoisotopic (exact) mass is 416 g/mol. The lowest BCUT2D eigenvalue weighted by atomic mass is 9.91. The van der Waals surface area contributed by atoms with Crippen molar-refractivity contribution in [2.45, 2.75) is 45.1 Å². The number of anilines is 1. The molecule has 1 aromatic heterocycles. The van der Waals surface area contributed by atoms with E-state index < -0.39 is 18.0 Å². The molecule has 3 N–H and O–H groups in total. The predicted molar refractivity (Wildman–Crippen MR) is 111 cm³/mol. The number of aliphatic hydroxyl groups excluding tert-OH is 1. The Morgan fingerprint density at radius 2 is 2.00 bits per heavy atom. The normalized spacial score (nSPS) is 21.7. The Kier molecular flexibility index (Phi) is 5.40. The maximum atomic E-state index is 13.5. The highest BCUT2D eigenvalue weighted by atomic mass is 35.5. The van der Waals surface area contributed by atoms with Gasteiger partial charge in [-0.3, -0.25) is 9.59 Å². The van der Waals surface area contributed by atoms with E-state index in [2.05, 4.69) is 4.98 Å². The van der Waals surface area contributed by atoms with Gasteiger partial charge in [0.25, 0.3) is 0 Å². The summed E-state index contributed by atoms with van der Waals surface area (Å²) in [6, 6.07) is 5.40. The first-order valence-corrected chi connectivity index (χ1v) is 10.5. The molecule has 6 nitrogen and oxygen atoms in total. The lowest BCUT2D eigenvalue weighted by Gasteiger charge is -2.36. The summed E-state index contributed by atoms with van der Waals surface area (Å²) in [6.07, 6.45) is 3.23. The molecule has 4 rings (SSSR count). The van der Waals surface area contributed by atoms with Crippen molar-refractivity contribution < 1.29 is 19.8 Å². The molecule has 1 aliphatic carbocycles. The van der Waals surface area contributed by atoms with Crippen LogP contribution in [0.1, 0.15) is 52.1 Å². The number of ketones is 1. The van der Waals surface area contributed by atoms with Crippen LogP contribution in [0.2, 0.25) is 5.02 Å². The Morgan fingerprint density at radius 1 is 1.24 bits per heavy atom. The van der Waals surface area contributed by atoms with Crippen molar-refractivity contribution >= 4 is 29.0 Å². The number of nitrogens with zero attached hydrogens (tertiary/aromatic N) is 1. The Labute approximate surface area is 174 Å². The maximum Gasteiger partial charge on any atom is 0.309 e. The molecule has 0 spiro atoms. The topological polar surface area (TPSA) is 93.6 Å². The highest BCUT2D eigenvalue weighted by Gasteiger charge is 2.37. The van der Waals surface area contributed by atoms with Gasteiger partial charge < -0.3 is 20.1 Å². The zero-order valence-corrected chi connectivity index (χ0v) is 17.1. The number of β-amino-alcohol motifs (C(OH)–C–C–N with tert-alkyl or cyclic N) is 1. The fourth-order valence-electron chi connectivity index (χ4n) is 4.65. The highest BCUT2D eigenvalue weighted by Crippen LogP contribution is 2.38. The van der Waals surface area contributed by atoms with Gasteiger partial charge in [0, 0.05) is 24.3 Å². The number of carbonyl (C=O) groups excluding carboxylic acids is 1. The van der Waals surface area contributed by atoms with Gasteiger partial charge in [0.2, 0.25) is 5.78 Å². The minimum Gasteiger partial charge on any atom is -0.481 e. The van der Waals surface area contributed by atoms with Gasteiger partial charge in [0.05, 0.1) is 22.7 Å². The van der Waals surface area contributed by atoms with Gasteiger partial charge in [-0.15, -0.1) is 0 Å². The summed E-state index contributed by atoms with van der Waals surface area (Å²) in [4.78, 5) is 30.2. The molecule has 0 saturated carbocycles. The molecule has 2 heterocycles. The van der Waals surface area contributed by atoms with Crippen LogP contribution < -0.4 is 4.90 Å². The Balaban J connectivity index is 1.77. The smallest absolute Gasteiger partial charge is 0.309 e. The van der Waals surface area contributed by atoms with Crippen LogP contribution in [0.3, 0.4) is 0 Å². The molecule has 0 bridgehead atoms. The van der Waals surface area contributed by atoms with E-state index in [0.29, 0.717) is 29.2 Å². The highest BCUT2D eigenvalue weighted by molar-refractivity contribution is 6.35. The van der Waals surface area contributed by atoms with E-state index in [1.165, 1.54) is 0 Å². The fourth-order valence-corrected chi connectivity index (χ4v) is 4.95. The number of rotatable bonds is 4. The zero-order chi connectivity index (χ0) is 20.7. The molecule has 29 heavy (non-hydrogen) atoms. The maximum absolute atomic E-state index is 13.5. The number of carboxylic acids is 1. The Hall–Kier alpha value is -2.31. The van der Waals surface area contributed by atoms with Gasteiger partial charge in [-0.25, -0.2) is 0 Å². The third kappa shape index (κ3) is 3.55. The number of carboxylic acid groups (broad SMARTS) is 1. The molecular weight excluding hydrogens is 392 g/mol. The second kappa shape index (κ2) is 7.84. The van der Waals surface area contributed by atoms with Gasteiger partial charge in [0.15, 0.2) is 0 Å². The van der Waals surface area contributed by atoms with Gasteiger partial charge >= 0.3 is 5.97 Å². The molecule has 2 aromatic rings. The number of nitrogens with one attached hydrogen (secondary N) is 1. The van der Waals surface area contributed by atoms with E-state index in [1.807, 2.05) is 24.0 Å². The number of halogens is 1. The number of piperidine rings is 1. The van der Waals surface area contributed by atoms with E-state index in [9.17, 15) is 19.8 Å². The predicted octanol–water partition coefficient (Wildman–Crippen LogP) is 3.36. The first-order chi connectivity index (χ1) is 13.9. The molecule has 154 valence electrons. The quantitative estimate of drug-likeness (QED) is 0.664. The Morgan fingerprint density at radius 3 is 2.69 bits per heavy atom. The summed E-state index contributed by atoms with van der Waals surface area (Å²) in [5.41, 5.74) is 4.78. The van der Waals surface area contributed by atoms with Crippen molar-refractivity contribution in [1.82, 2.24) is 4.98 Å². The standard InChI is InChI=1S/C22H25ClN2O4/c1-12-5-4-7-15(23)18(12)21(27)19-20(13-6-2-3-8-16(13)24-19)25-10-9-14(22(28)29)17(26)11-25/h4-5,7,14,17,24,26H,2-3,6,8-11H2,1H3,(H,28,29). The van der Waals surface area contributed by atoms with Crippen LogP contribution in [-0.4, -0.2) is 46.1 Å². The molecule has 2 atom stereocenters. The van der Waals surface area contributed by atoms with E-state index in [4.69, 9.17) is 11.6 Å². The summed E-state index contributed by atoms with van der Waals surface area (Å²) < 4.78 is 0. The van der Waals surface area contributed by atoms with Crippen LogP contribution in [0.25, 0.3) is 0 Å². The molecule has 0 radical (unpaired) electrons. The molecule has 2 aliphatic rings. The number of hydrogen-bond acceptors (Lipinski definition) is 4. The lowest BCUT2D eigenvalue weighted by molar-refractivity contribution is -0.146. The minimum absolute atomic E-state index is 0.160. The SMILES string of the molecule is Cc1cccc(Cl)c1C(=O)c1[nH]c2c(c1N1CCC(C(=O)O)C(O)C1)CCCC2. The van der Waals surface area contributed by atoms with E-state index >= 15 is 0 Å². The van der Waals surface area contributed by atoms with Crippen LogP contribution in [-0.2, 0) is 17.6 Å². The fraction of sp³-hybridized carbons (Fsp3) is 0.455. The van der Waals surface area contributed by atoms with Gasteiger partial charge in [-0.1, -0.05) is 23.7 Å². The third-order valence-corrected chi connectivity index (χ3v) is 6.47. The average molecular weight is 417 g/mol. The van der Waals surface area contributed by atoms with Crippen LogP contribution in [0.4, 0.5) is 5.69 Å². The van der Waals surface area contributed by atoms with Crippen LogP contribution in [0.5, 0.6) is 0 Å². The molecule has 1 fully saturated rings.